The van der Waals surface area contributed by atoms with E-state index in [0.717, 1.165) is 38.8 Å². The molecule has 1 unspecified atom stereocenters. The molecule has 1 aromatic rings. The van der Waals surface area contributed by atoms with Crippen LogP contribution in [-0.4, -0.2) is 73.0 Å². The van der Waals surface area contributed by atoms with Crippen LogP contribution in [0.2, 0.25) is 0 Å². The van der Waals surface area contributed by atoms with Gasteiger partial charge in [0.05, 0.1) is 19.8 Å². The minimum absolute atomic E-state index is 0. The molecule has 1 saturated heterocycles. The number of aromatic nitrogens is 2. The van der Waals surface area contributed by atoms with Crippen molar-refractivity contribution in [2.45, 2.75) is 64.1 Å². The Balaban J connectivity index is 0.00000320. The predicted molar refractivity (Wildman–Crippen MR) is 126 cm³/mol. The van der Waals surface area contributed by atoms with Crippen LogP contribution in [0.15, 0.2) is 9.52 Å². The van der Waals surface area contributed by atoms with Crippen molar-refractivity contribution in [1.29, 1.82) is 0 Å². The van der Waals surface area contributed by atoms with E-state index in [1.807, 2.05) is 13.8 Å². The molecule has 0 radical (unpaired) electrons. The second-order valence-corrected chi connectivity index (χ2v) is 7.81. The van der Waals surface area contributed by atoms with Crippen molar-refractivity contribution >= 4 is 29.9 Å². The third-order valence-corrected chi connectivity index (χ3v) is 5.95. The lowest BCUT2D eigenvalue weighted by molar-refractivity contribution is -0.0352. The molecule has 0 spiro atoms. The van der Waals surface area contributed by atoms with E-state index >= 15 is 0 Å². The monoisotopic (exact) mass is 536 g/mol. The van der Waals surface area contributed by atoms with Crippen LogP contribution >= 0.6 is 24.0 Å². The molecule has 1 aliphatic heterocycles. The first-order chi connectivity index (χ1) is 14.2. The van der Waals surface area contributed by atoms with Gasteiger partial charge in [-0.15, -0.1) is 24.0 Å². The lowest BCUT2D eigenvalue weighted by Gasteiger charge is -2.48. The molecular formula is C20H37IN6O3. The van der Waals surface area contributed by atoms with Crippen molar-refractivity contribution in [2.75, 3.05) is 46.5 Å². The van der Waals surface area contributed by atoms with Gasteiger partial charge in [0, 0.05) is 38.8 Å². The quantitative estimate of drug-likeness (QED) is 0.297. The predicted octanol–water partition coefficient (Wildman–Crippen LogP) is 2.49. The highest BCUT2D eigenvalue weighted by atomic mass is 127. The molecule has 1 atom stereocenters. The van der Waals surface area contributed by atoms with Gasteiger partial charge in [0.1, 0.15) is 6.10 Å². The second-order valence-electron chi connectivity index (χ2n) is 7.81. The van der Waals surface area contributed by atoms with Gasteiger partial charge in [-0.1, -0.05) is 24.4 Å². The van der Waals surface area contributed by atoms with Crippen molar-refractivity contribution in [1.82, 2.24) is 25.7 Å². The number of halogens is 1. The van der Waals surface area contributed by atoms with Gasteiger partial charge in [-0.25, -0.2) is 0 Å². The molecule has 9 nitrogen and oxygen atoms in total. The van der Waals surface area contributed by atoms with Crippen molar-refractivity contribution in [3.8, 4) is 0 Å². The van der Waals surface area contributed by atoms with Crippen LogP contribution in [0.5, 0.6) is 0 Å². The van der Waals surface area contributed by atoms with Gasteiger partial charge in [-0.05, 0) is 26.7 Å². The maximum Gasteiger partial charge on any atom is 0.246 e. The molecule has 2 fully saturated rings. The van der Waals surface area contributed by atoms with E-state index in [1.54, 1.807) is 7.05 Å². The first kappa shape index (κ1) is 25.3. The molecule has 3 rings (SSSR count). The standard InChI is InChI=1S/C20H36N6O3.HI/c1-4-28-16(2)18-24-17(29-25-18)14-22-19(21-3)23-15-20(8-6-5-7-9-20)26-10-12-27-13-11-26;/h16H,4-15H2,1-3H3,(H2,21,22,23);1H. The topological polar surface area (TPSA) is 97.0 Å². The Labute approximate surface area is 196 Å². The summed E-state index contributed by atoms with van der Waals surface area (Å²) in [6.45, 7) is 9.46. The second kappa shape index (κ2) is 12.8. The van der Waals surface area contributed by atoms with E-state index in [-0.39, 0.29) is 35.6 Å². The fourth-order valence-electron chi connectivity index (χ4n) is 4.31. The van der Waals surface area contributed by atoms with Crippen molar-refractivity contribution in [3.05, 3.63) is 11.7 Å². The van der Waals surface area contributed by atoms with Crippen LogP contribution in [0.1, 0.15) is 63.8 Å². The van der Waals surface area contributed by atoms with E-state index in [0.29, 0.717) is 24.9 Å². The lowest BCUT2D eigenvalue weighted by Crippen LogP contribution is -2.60. The molecule has 0 bridgehead atoms. The fourth-order valence-corrected chi connectivity index (χ4v) is 4.31. The molecule has 10 heteroatoms. The van der Waals surface area contributed by atoms with Crippen molar-refractivity contribution < 1.29 is 14.0 Å². The summed E-state index contributed by atoms with van der Waals surface area (Å²) < 4.78 is 16.4. The van der Waals surface area contributed by atoms with Gasteiger partial charge in [0.25, 0.3) is 0 Å². The molecule has 1 aromatic heterocycles. The molecule has 1 aliphatic carbocycles. The molecule has 2 N–H and O–H groups in total. The molecule has 172 valence electrons. The number of guanidine groups is 1. The summed E-state index contributed by atoms with van der Waals surface area (Å²) >= 11 is 0. The largest absolute Gasteiger partial charge is 0.379 e. The number of aliphatic imine (C=N–C) groups is 1. The lowest BCUT2D eigenvalue weighted by atomic mass is 9.80. The van der Waals surface area contributed by atoms with Gasteiger partial charge in [-0.3, -0.25) is 9.89 Å². The van der Waals surface area contributed by atoms with E-state index in [1.165, 1.54) is 32.1 Å². The van der Waals surface area contributed by atoms with Gasteiger partial charge < -0.3 is 24.6 Å². The Morgan fingerprint density at radius 3 is 2.63 bits per heavy atom. The number of rotatable bonds is 8. The van der Waals surface area contributed by atoms with Crippen LogP contribution in [0.4, 0.5) is 0 Å². The zero-order valence-corrected chi connectivity index (χ0v) is 20.8. The number of ether oxygens (including phenoxy) is 2. The number of morpholine rings is 1. The Morgan fingerprint density at radius 1 is 1.23 bits per heavy atom. The van der Waals surface area contributed by atoms with Gasteiger partial charge in [-0.2, -0.15) is 4.98 Å². The summed E-state index contributed by atoms with van der Waals surface area (Å²) in [5.41, 5.74) is 0.185. The summed E-state index contributed by atoms with van der Waals surface area (Å²) in [6, 6.07) is 0. The number of nitrogens with one attached hydrogen (secondary N) is 2. The highest BCUT2D eigenvalue weighted by molar-refractivity contribution is 14.0. The van der Waals surface area contributed by atoms with E-state index in [4.69, 9.17) is 14.0 Å². The summed E-state index contributed by atoms with van der Waals surface area (Å²) in [7, 11) is 1.79. The van der Waals surface area contributed by atoms with Crippen LogP contribution in [0, 0.1) is 0 Å². The van der Waals surface area contributed by atoms with Crippen molar-refractivity contribution in [3.63, 3.8) is 0 Å². The van der Waals surface area contributed by atoms with Gasteiger partial charge >= 0.3 is 0 Å². The molecule has 2 heterocycles. The molecular weight excluding hydrogens is 499 g/mol. The van der Waals surface area contributed by atoms with E-state index < -0.39 is 0 Å². The number of hydrogen-bond acceptors (Lipinski definition) is 7. The third kappa shape index (κ3) is 6.76. The van der Waals surface area contributed by atoms with Crippen LogP contribution in [-0.2, 0) is 16.0 Å². The highest BCUT2D eigenvalue weighted by Gasteiger charge is 2.38. The van der Waals surface area contributed by atoms with E-state index in [9.17, 15) is 0 Å². The minimum atomic E-state index is -0.172. The minimum Gasteiger partial charge on any atom is -0.379 e. The fraction of sp³-hybridized carbons (Fsp3) is 0.850. The third-order valence-electron chi connectivity index (χ3n) is 5.95. The van der Waals surface area contributed by atoms with Crippen LogP contribution in [0.25, 0.3) is 0 Å². The summed E-state index contributed by atoms with van der Waals surface area (Å²) in [5.74, 6) is 1.84. The molecule has 1 saturated carbocycles. The Morgan fingerprint density at radius 2 is 1.97 bits per heavy atom. The highest BCUT2D eigenvalue weighted by Crippen LogP contribution is 2.33. The zero-order valence-electron chi connectivity index (χ0n) is 18.5. The summed E-state index contributed by atoms with van der Waals surface area (Å²) in [4.78, 5) is 11.4. The van der Waals surface area contributed by atoms with Gasteiger partial charge in [0.2, 0.25) is 5.89 Å². The zero-order chi connectivity index (χ0) is 20.5. The maximum atomic E-state index is 5.57. The van der Waals surface area contributed by atoms with Crippen molar-refractivity contribution in [2.24, 2.45) is 4.99 Å². The first-order valence-electron chi connectivity index (χ1n) is 10.9. The maximum absolute atomic E-state index is 5.57. The van der Waals surface area contributed by atoms with Crippen LogP contribution in [0.3, 0.4) is 0 Å². The number of hydrogen-bond donors (Lipinski definition) is 2. The average Bonchev–Trinajstić information content (AvgIpc) is 3.24. The normalized spacial score (nSPS) is 21.0. The Hall–Kier alpha value is -0.980. The van der Waals surface area contributed by atoms with E-state index in [2.05, 4.69) is 30.7 Å². The molecule has 2 aliphatic rings. The molecule has 30 heavy (non-hydrogen) atoms. The molecule has 0 aromatic carbocycles. The number of nitrogens with zero attached hydrogens (tertiary/aromatic N) is 4. The van der Waals surface area contributed by atoms with Gasteiger partial charge in [0.15, 0.2) is 11.8 Å². The Kier molecular flexibility index (Phi) is 10.8. The average molecular weight is 536 g/mol. The smallest absolute Gasteiger partial charge is 0.246 e. The molecule has 0 amide bonds. The first-order valence-corrected chi connectivity index (χ1v) is 10.9. The summed E-state index contributed by atoms with van der Waals surface area (Å²) in [6.07, 6.45) is 6.17. The Bertz CT molecular complexity index is 644. The van der Waals surface area contributed by atoms with Crippen LogP contribution < -0.4 is 10.6 Å². The summed E-state index contributed by atoms with van der Waals surface area (Å²) in [5, 5.41) is 10.8. The SMILES string of the molecule is CCOC(C)c1noc(CNC(=NC)NCC2(N3CCOCC3)CCCCC2)n1.I.